The quantitative estimate of drug-likeness (QED) is 0.351. The summed E-state index contributed by atoms with van der Waals surface area (Å²) in [6, 6.07) is 9.83. The maximum absolute atomic E-state index is 13.2. The summed E-state index contributed by atoms with van der Waals surface area (Å²) in [6.45, 7) is 3.08. The molecule has 0 bridgehead atoms. The summed E-state index contributed by atoms with van der Waals surface area (Å²) in [7, 11) is 1.13. The molecule has 2 aromatic carbocycles. The zero-order valence-electron chi connectivity index (χ0n) is 20.6. The Kier molecular flexibility index (Phi) is 7.65. The highest BCUT2D eigenvalue weighted by molar-refractivity contribution is 5.98. The number of ether oxygens (including phenoxy) is 3. The summed E-state index contributed by atoms with van der Waals surface area (Å²) < 4.78 is 16.8. The van der Waals surface area contributed by atoms with E-state index in [0.29, 0.717) is 9.47 Å². The van der Waals surface area contributed by atoms with E-state index < -0.39 is 69.7 Å². The van der Waals surface area contributed by atoms with Crippen molar-refractivity contribution < 1.29 is 38.5 Å². The van der Waals surface area contributed by atoms with Crippen LogP contribution in [0, 0.1) is 0 Å². The first-order valence-corrected chi connectivity index (χ1v) is 10.8. The number of anilines is 3. The van der Waals surface area contributed by atoms with Gasteiger partial charge in [-0.2, -0.15) is 0 Å². The lowest BCUT2D eigenvalue weighted by atomic mass is 10.2. The molecule has 38 heavy (non-hydrogen) atoms. The molecule has 0 saturated carbocycles. The molecule has 0 aliphatic carbocycles. The standard InChI is InChI=1S/C24H22N4O10/c1-12(29)36-17-10-16(11-18(37-13(2)30)20(17)38-14(3)31)27(24(34)35)19-21(25)28(15-8-6-5-7-9-15)23(33)26(4)22(19)32/h5-11H,25H2,1-4H3,(H,34,35). The summed E-state index contributed by atoms with van der Waals surface area (Å²) in [5, 5.41) is 10.1. The molecule has 14 heteroatoms. The predicted octanol–water partition coefficient (Wildman–Crippen LogP) is 1.71. The molecule has 0 spiro atoms. The molecular formula is C24H22N4O10. The molecule has 3 aromatic rings. The van der Waals surface area contributed by atoms with Crippen molar-refractivity contribution in [3.63, 3.8) is 0 Å². The van der Waals surface area contributed by atoms with Gasteiger partial charge in [0.15, 0.2) is 17.2 Å². The molecule has 0 aliphatic heterocycles. The minimum absolute atomic E-state index is 0.239. The summed E-state index contributed by atoms with van der Waals surface area (Å²) in [5.41, 5.74) is 3.46. The molecule has 1 amide bonds. The Morgan fingerprint density at radius 2 is 1.37 bits per heavy atom. The third-order valence-corrected chi connectivity index (χ3v) is 4.92. The highest BCUT2D eigenvalue weighted by Gasteiger charge is 2.30. The van der Waals surface area contributed by atoms with Crippen LogP contribution in [-0.4, -0.2) is 38.2 Å². The number of nitrogen functional groups attached to an aromatic ring is 1. The number of nitrogens with zero attached hydrogens (tertiary/aromatic N) is 3. The van der Waals surface area contributed by atoms with E-state index >= 15 is 0 Å². The van der Waals surface area contributed by atoms with Crippen molar-refractivity contribution in [3.05, 3.63) is 63.3 Å². The van der Waals surface area contributed by atoms with E-state index in [-0.39, 0.29) is 5.69 Å². The van der Waals surface area contributed by atoms with Gasteiger partial charge in [0, 0.05) is 40.0 Å². The molecule has 14 nitrogen and oxygen atoms in total. The first-order chi connectivity index (χ1) is 17.8. The summed E-state index contributed by atoms with van der Waals surface area (Å²) >= 11 is 0. The average Bonchev–Trinajstić information content (AvgIpc) is 2.82. The van der Waals surface area contributed by atoms with Crippen molar-refractivity contribution in [2.75, 3.05) is 10.6 Å². The molecule has 0 aliphatic rings. The monoisotopic (exact) mass is 526 g/mol. The molecule has 0 unspecified atom stereocenters. The minimum atomic E-state index is -1.74. The molecule has 0 radical (unpaired) electrons. The van der Waals surface area contributed by atoms with Crippen LogP contribution in [0.3, 0.4) is 0 Å². The lowest BCUT2D eigenvalue weighted by molar-refractivity contribution is -0.135. The van der Waals surface area contributed by atoms with Crippen molar-refractivity contribution in [1.29, 1.82) is 0 Å². The number of esters is 3. The van der Waals surface area contributed by atoms with Crippen LogP contribution in [0.15, 0.2) is 52.1 Å². The van der Waals surface area contributed by atoms with E-state index in [1.165, 1.54) is 12.1 Å². The second-order valence-corrected chi connectivity index (χ2v) is 7.72. The number of aromatic nitrogens is 2. The molecule has 1 aromatic heterocycles. The van der Waals surface area contributed by atoms with Gasteiger partial charge in [0.25, 0.3) is 5.56 Å². The van der Waals surface area contributed by atoms with Gasteiger partial charge >= 0.3 is 29.7 Å². The second-order valence-electron chi connectivity index (χ2n) is 7.72. The van der Waals surface area contributed by atoms with Crippen molar-refractivity contribution in [2.45, 2.75) is 20.8 Å². The smallest absolute Gasteiger partial charge is 0.416 e. The molecule has 198 valence electrons. The Balaban J connectivity index is 2.42. The van der Waals surface area contributed by atoms with Crippen LogP contribution in [-0.2, 0) is 21.4 Å². The Labute approximate surface area is 214 Å². The van der Waals surface area contributed by atoms with Crippen LogP contribution in [0.25, 0.3) is 5.69 Å². The molecule has 0 saturated heterocycles. The van der Waals surface area contributed by atoms with Crippen LogP contribution in [0.1, 0.15) is 20.8 Å². The summed E-state index contributed by atoms with van der Waals surface area (Å²) in [6.07, 6.45) is -1.74. The van der Waals surface area contributed by atoms with Crippen LogP contribution in [0.4, 0.5) is 22.0 Å². The van der Waals surface area contributed by atoms with E-state index in [4.69, 9.17) is 19.9 Å². The minimum Gasteiger partial charge on any atom is -0.464 e. The van der Waals surface area contributed by atoms with Crippen molar-refractivity contribution in [1.82, 2.24) is 9.13 Å². The lowest BCUT2D eigenvalue weighted by Gasteiger charge is -2.24. The van der Waals surface area contributed by atoms with Gasteiger partial charge in [-0.3, -0.25) is 23.7 Å². The van der Waals surface area contributed by atoms with E-state index in [1.807, 2.05) is 0 Å². The second kappa shape index (κ2) is 10.7. The first kappa shape index (κ1) is 27.2. The maximum atomic E-state index is 13.2. The number of hydrogen-bond acceptors (Lipinski definition) is 10. The number of benzene rings is 2. The Hall–Kier alpha value is -5.40. The SMILES string of the molecule is CC(=O)Oc1cc(N(C(=O)O)c2c(N)n(-c3ccccc3)c(=O)n(C)c2=O)cc(OC(C)=O)c1OC(C)=O. The third-order valence-electron chi connectivity index (χ3n) is 4.92. The normalized spacial score (nSPS) is 10.4. The van der Waals surface area contributed by atoms with Crippen LogP contribution >= 0.6 is 0 Å². The van der Waals surface area contributed by atoms with Gasteiger partial charge in [-0.15, -0.1) is 0 Å². The van der Waals surface area contributed by atoms with Crippen LogP contribution in [0.2, 0.25) is 0 Å². The van der Waals surface area contributed by atoms with Crippen molar-refractivity contribution in [3.8, 4) is 22.9 Å². The zero-order valence-corrected chi connectivity index (χ0v) is 20.6. The number of hydrogen-bond donors (Lipinski definition) is 2. The van der Waals surface area contributed by atoms with Gasteiger partial charge in [-0.25, -0.2) is 19.1 Å². The third kappa shape index (κ3) is 5.38. The number of carbonyl (C=O) groups excluding carboxylic acids is 3. The topological polar surface area (TPSA) is 189 Å². The number of carboxylic acid groups (broad SMARTS) is 1. The van der Waals surface area contributed by atoms with Gasteiger partial charge in [-0.05, 0) is 12.1 Å². The molecule has 3 N–H and O–H groups in total. The Morgan fingerprint density at radius 1 is 0.868 bits per heavy atom. The maximum Gasteiger partial charge on any atom is 0.416 e. The number of para-hydroxylation sites is 1. The molecule has 1 heterocycles. The van der Waals surface area contributed by atoms with E-state index in [1.54, 1.807) is 18.2 Å². The fourth-order valence-electron chi connectivity index (χ4n) is 3.48. The van der Waals surface area contributed by atoms with Gasteiger partial charge in [0.05, 0.1) is 11.4 Å². The molecule has 0 fully saturated rings. The van der Waals surface area contributed by atoms with Crippen LogP contribution < -0.4 is 36.1 Å². The molecule has 0 atom stereocenters. The summed E-state index contributed by atoms with van der Waals surface area (Å²) in [5.74, 6) is -4.67. The first-order valence-electron chi connectivity index (χ1n) is 10.8. The average molecular weight is 526 g/mol. The predicted molar refractivity (Wildman–Crippen MR) is 132 cm³/mol. The van der Waals surface area contributed by atoms with Crippen LogP contribution in [0.5, 0.6) is 17.2 Å². The zero-order chi connectivity index (χ0) is 28.3. The van der Waals surface area contributed by atoms with Gasteiger partial charge in [0.1, 0.15) is 5.82 Å². The van der Waals surface area contributed by atoms with Gasteiger partial charge in [0.2, 0.25) is 5.75 Å². The van der Waals surface area contributed by atoms with Gasteiger partial charge < -0.3 is 25.1 Å². The Morgan fingerprint density at radius 3 is 1.82 bits per heavy atom. The lowest BCUT2D eigenvalue weighted by Crippen LogP contribution is -2.43. The number of carbonyl (C=O) groups is 4. The molecular weight excluding hydrogens is 504 g/mol. The highest BCUT2D eigenvalue weighted by Crippen LogP contribution is 2.43. The van der Waals surface area contributed by atoms with E-state index in [2.05, 4.69) is 0 Å². The molecule has 3 rings (SSSR count). The van der Waals surface area contributed by atoms with Crippen molar-refractivity contribution in [2.24, 2.45) is 7.05 Å². The van der Waals surface area contributed by atoms with E-state index in [0.717, 1.165) is 44.5 Å². The largest absolute Gasteiger partial charge is 0.464 e. The van der Waals surface area contributed by atoms with Crippen molar-refractivity contribution >= 4 is 41.2 Å². The van der Waals surface area contributed by atoms with E-state index in [9.17, 15) is 33.9 Å². The van der Waals surface area contributed by atoms with Gasteiger partial charge in [-0.1, -0.05) is 18.2 Å². The Bertz CT molecular complexity index is 1540. The fourth-order valence-corrected chi connectivity index (χ4v) is 3.48. The number of amides is 1. The summed E-state index contributed by atoms with van der Waals surface area (Å²) in [4.78, 5) is 74.2. The number of rotatable bonds is 6. The number of nitrogens with two attached hydrogens (primary N) is 1. The highest BCUT2D eigenvalue weighted by atomic mass is 16.6. The fraction of sp³-hybridized carbons (Fsp3) is 0.167.